The first-order valence-electron chi connectivity index (χ1n) is 12.7. The molecule has 1 aliphatic carbocycles. The molecule has 3 aromatic rings. The first-order valence-corrected chi connectivity index (χ1v) is 12.7. The predicted molar refractivity (Wildman–Crippen MR) is 133 cm³/mol. The van der Waals surface area contributed by atoms with Crippen LogP contribution in [0.5, 0.6) is 0 Å². The number of nitrogens with zero attached hydrogens (tertiary/aromatic N) is 3. The lowest BCUT2D eigenvalue weighted by molar-refractivity contribution is -0.173. The van der Waals surface area contributed by atoms with Gasteiger partial charge >= 0.3 is 0 Å². The van der Waals surface area contributed by atoms with Crippen LogP contribution in [0.2, 0.25) is 0 Å². The number of ether oxygens (including phenoxy) is 1. The van der Waals surface area contributed by atoms with Gasteiger partial charge in [0, 0.05) is 41.8 Å². The number of nitrogens with two attached hydrogens (primary N) is 1. The van der Waals surface area contributed by atoms with Crippen LogP contribution in [0.1, 0.15) is 37.3 Å². The molecule has 6 rings (SSSR count). The van der Waals surface area contributed by atoms with Crippen molar-refractivity contribution in [1.29, 1.82) is 0 Å². The Morgan fingerprint density at radius 1 is 1.14 bits per heavy atom. The molecule has 2 aliphatic heterocycles. The van der Waals surface area contributed by atoms with Gasteiger partial charge in [0.15, 0.2) is 5.82 Å². The van der Waals surface area contributed by atoms with Gasteiger partial charge in [-0.25, -0.2) is 8.78 Å². The summed E-state index contributed by atoms with van der Waals surface area (Å²) in [4.78, 5) is 32.7. The average Bonchev–Trinajstić information content (AvgIpc) is 3.74. The van der Waals surface area contributed by atoms with Crippen LogP contribution in [0.15, 0.2) is 48.7 Å². The summed E-state index contributed by atoms with van der Waals surface area (Å²) in [7, 11) is 0. The maximum absolute atomic E-state index is 15.4. The maximum atomic E-state index is 15.4. The lowest BCUT2D eigenvalue weighted by Crippen LogP contribution is -2.60. The van der Waals surface area contributed by atoms with Crippen molar-refractivity contribution in [2.75, 3.05) is 26.2 Å². The highest BCUT2D eigenvalue weighted by Crippen LogP contribution is 2.39. The number of aromatic nitrogens is 1. The maximum Gasteiger partial charge on any atom is 0.248 e. The summed E-state index contributed by atoms with van der Waals surface area (Å²) in [6, 6.07) is 10.6. The normalized spacial score (nSPS) is 20.9. The van der Waals surface area contributed by atoms with Crippen LogP contribution in [0.25, 0.3) is 22.0 Å². The Hall–Kier alpha value is -3.43. The zero-order chi connectivity index (χ0) is 25.7. The molecule has 1 aromatic heterocycles. The van der Waals surface area contributed by atoms with Crippen molar-refractivity contribution in [3.05, 3.63) is 65.9 Å². The Labute approximate surface area is 213 Å². The van der Waals surface area contributed by atoms with Gasteiger partial charge in [0.1, 0.15) is 24.0 Å². The molecule has 1 spiro atoms. The third-order valence-electron chi connectivity index (χ3n) is 7.93. The SMILES string of the molecule is NC(=O)C(c1ccc(-c2ccc3cccnc3c2F)cc1F)N1CCC2(CC1)CN(C1CC1)C(=O)CO2. The molecule has 2 saturated heterocycles. The van der Waals surface area contributed by atoms with Gasteiger partial charge in [-0.3, -0.25) is 19.5 Å². The number of primary amides is 1. The average molecular weight is 507 g/mol. The van der Waals surface area contributed by atoms with E-state index in [0.29, 0.717) is 49.5 Å². The van der Waals surface area contributed by atoms with Crippen molar-refractivity contribution in [2.24, 2.45) is 5.73 Å². The van der Waals surface area contributed by atoms with E-state index in [2.05, 4.69) is 4.98 Å². The summed E-state index contributed by atoms with van der Waals surface area (Å²) in [6.07, 6.45) is 4.81. The number of morpholine rings is 1. The van der Waals surface area contributed by atoms with Crippen molar-refractivity contribution in [3.8, 4) is 11.1 Å². The number of carbonyl (C=O) groups is 2. The van der Waals surface area contributed by atoms with E-state index in [1.807, 2.05) is 9.80 Å². The number of piperidine rings is 1. The number of rotatable bonds is 5. The highest BCUT2D eigenvalue weighted by Gasteiger charge is 2.47. The molecule has 192 valence electrons. The van der Waals surface area contributed by atoms with Crippen LogP contribution >= 0.6 is 0 Å². The van der Waals surface area contributed by atoms with E-state index in [4.69, 9.17) is 10.5 Å². The number of pyridine rings is 1. The van der Waals surface area contributed by atoms with Crippen molar-refractivity contribution >= 4 is 22.7 Å². The number of halogens is 2. The fourth-order valence-electron chi connectivity index (χ4n) is 5.73. The fraction of sp³-hybridized carbons (Fsp3) is 0.393. The molecular weight excluding hydrogens is 478 g/mol. The monoisotopic (exact) mass is 506 g/mol. The van der Waals surface area contributed by atoms with Crippen molar-refractivity contribution < 1.29 is 23.1 Å². The first-order chi connectivity index (χ1) is 17.8. The van der Waals surface area contributed by atoms with Crippen LogP contribution in [-0.4, -0.2) is 64.5 Å². The second-order valence-electron chi connectivity index (χ2n) is 10.3. The summed E-state index contributed by atoms with van der Waals surface area (Å²) in [5, 5.41) is 0.657. The summed E-state index contributed by atoms with van der Waals surface area (Å²) in [6.45, 7) is 1.59. The van der Waals surface area contributed by atoms with Gasteiger partial charge in [-0.15, -0.1) is 0 Å². The molecule has 0 bridgehead atoms. The molecule has 3 heterocycles. The molecule has 1 atom stereocenters. The molecule has 9 heteroatoms. The molecule has 37 heavy (non-hydrogen) atoms. The van der Waals surface area contributed by atoms with E-state index in [-0.39, 0.29) is 29.2 Å². The molecule has 2 aromatic carbocycles. The topological polar surface area (TPSA) is 88.8 Å². The smallest absolute Gasteiger partial charge is 0.248 e. The Balaban J connectivity index is 1.23. The minimum Gasteiger partial charge on any atom is -0.368 e. The van der Waals surface area contributed by atoms with E-state index in [1.165, 1.54) is 18.3 Å². The highest BCUT2D eigenvalue weighted by atomic mass is 19.1. The molecule has 3 fully saturated rings. The van der Waals surface area contributed by atoms with Crippen molar-refractivity contribution in [1.82, 2.24) is 14.8 Å². The predicted octanol–water partition coefficient (Wildman–Crippen LogP) is 3.56. The standard InChI is InChI=1S/C28H28F2N4O3/c29-22-14-18(20-7-3-17-2-1-11-32-25(17)24(20)30)4-8-21(22)26(27(31)36)33-12-9-28(10-13-33)16-34(19-5-6-19)23(35)15-37-28/h1-4,7-8,11,14,19,26H,5-6,9-10,12-13,15-16H2,(H2,31,36). The van der Waals surface area contributed by atoms with Crippen molar-refractivity contribution in [2.45, 2.75) is 43.4 Å². The van der Waals surface area contributed by atoms with E-state index in [0.717, 1.165) is 12.8 Å². The van der Waals surface area contributed by atoms with Gasteiger partial charge in [-0.05, 0) is 43.4 Å². The minimum absolute atomic E-state index is 0.0337. The Morgan fingerprint density at radius 2 is 1.92 bits per heavy atom. The fourth-order valence-corrected chi connectivity index (χ4v) is 5.73. The molecule has 3 aliphatic rings. The van der Waals surface area contributed by atoms with Crippen LogP contribution < -0.4 is 5.73 Å². The van der Waals surface area contributed by atoms with Gasteiger partial charge < -0.3 is 15.4 Å². The number of hydrogen-bond donors (Lipinski definition) is 1. The molecule has 0 radical (unpaired) electrons. The van der Waals surface area contributed by atoms with Gasteiger partial charge in [-0.1, -0.05) is 30.3 Å². The van der Waals surface area contributed by atoms with E-state index in [1.54, 1.807) is 30.3 Å². The second kappa shape index (κ2) is 9.15. The second-order valence-corrected chi connectivity index (χ2v) is 10.3. The summed E-state index contributed by atoms with van der Waals surface area (Å²) >= 11 is 0. The van der Waals surface area contributed by atoms with Gasteiger partial charge in [-0.2, -0.15) is 0 Å². The number of hydrogen-bond acceptors (Lipinski definition) is 5. The molecule has 7 nitrogen and oxygen atoms in total. The van der Waals surface area contributed by atoms with E-state index in [9.17, 15) is 9.59 Å². The Bertz CT molecular complexity index is 1390. The van der Waals surface area contributed by atoms with Gasteiger partial charge in [0.2, 0.25) is 11.8 Å². The molecule has 2 amide bonds. The van der Waals surface area contributed by atoms with Gasteiger partial charge in [0.25, 0.3) is 0 Å². The van der Waals surface area contributed by atoms with Gasteiger partial charge in [0.05, 0.1) is 12.1 Å². The minimum atomic E-state index is -0.959. The quantitative estimate of drug-likeness (QED) is 0.572. The molecule has 1 saturated carbocycles. The lowest BCUT2D eigenvalue weighted by Gasteiger charge is -2.48. The van der Waals surface area contributed by atoms with Crippen LogP contribution in [0.3, 0.4) is 0 Å². The third kappa shape index (κ3) is 4.36. The van der Waals surface area contributed by atoms with Crippen LogP contribution in [0.4, 0.5) is 8.78 Å². The number of amides is 2. The first kappa shape index (κ1) is 23.9. The molecule has 2 N–H and O–H groups in total. The van der Waals surface area contributed by atoms with Crippen LogP contribution in [-0.2, 0) is 14.3 Å². The summed E-state index contributed by atoms with van der Waals surface area (Å²) < 4.78 is 36.6. The Kier molecular flexibility index (Phi) is 5.92. The largest absolute Gasteiger partial charge is 0.368 e. The summed E-state index contributed by atoms with van der Waals surface area (Å²) in [5.41, 5.74) is 6.28. The van der Waals surface area contributed by atoms with E-state index >= 15 is 8.78 Å². The highest BCUT2D eigenvalue weighted by molar-refractivity contribution is 5.86. The number of likely N-dealkylation sites (tertiary alicyclic amines) is 1. The lowest BCUT2D eigenvalue weighted by atomic mass is 9.87. The van der Waals surface area contributed by atoms with E-state index < -0.39 is 29.2 Å². The molecule has 1 unspecified atom stereocenters. The molecular formula is C28H28F2N4O3. The Morgan fingerprint density at radius 3 is 2.62 bits per heavy atom. The van der Waals surface area contributed by atoms with Crippen molar-refractivity contribution in [3.63, 3.8) is 0 Å². The number of fused-ring (bicyclic) bond motifs is 1. The summed E-state index contributed by atoms with van der Waals surface area (Å²) in [5.74, 6) is -1.76. The number of carbonyl (C=O) groups excluding carboxylic acids is 2. The van der Waals surface area contributed by atoms with Crippen LogP contribution in [0, 0.1) is 11.6 Å². The zero-order valence-corrected chi connectivity index (χ0v) is 20.3. The zero-order valence-electron chi connectivity index (χ0n) is 20.3. The third-order valence-corrected chi connectivity index (χ3v) is 7.93. The number of benzene rings is 2.